The molecule has 3 rings (SSSR count). The first kappa shape index (κ1) is 13.9. The molecule has 112 valence electrons. The van der Waals surface area contributed by atoms with E-state index in [-0.39, 0.29) is 11.9 Å². The Morgan fingerprint density at radius 1 is 1.00 bits per heavy atom. The maximum Gasteiger partial charge on any atom is 0.321 e. The first-order chi connectivity index (χ1) is 9.70. The summed E-state index contributed by atoms with van der Waals surface area (Å²) in [4.78, 5) is 25.6. The summed E-state index contributed by atoms with van der Waals surface area (Å²) < 4.78 is 0. The van der Waals surface area contributed by atoms with E-state index in [1.807, 2.05) is 0 Å². The van der Waals surface area contributed by atoms with Crippen molar-refractivity contribution in [3.05, 3.63) is 0 Å². The summed E-state index contributed by atoms with van der Waals surface area (Å²) in [5.74, 6) is 1.48. The van der Waals surface area contributed by atoms with Crippen LogP contribution in [0.5, 0.6) is 0 Å². The largest absolute Gasteiger partial charge is 0.335 e. The maximum absolute atomic E-state index is 11.9. The Morgan fingerprint density at radius 2 is 1.75 bits per heavy atom. The zero-order valence-electron chi connectivity index (χ0n) is 12.1. The highest BCUT2D eigenvalue weighted by Crippen LogP contribution is 2.35. The van der Waals surface area contributed by atoms with Crippen LogP contribution < -0.4 is 10.6 Å². The Morgan fingerprint density at radius 3 is 2.50 bits per heavy atom. The molecule has 0 aromatic rings. The van der Waals surface area contributed by atoms with Gasteiger partial charge in [0.15, 0.2) is 0 Å². The molecule has 2 N–H and O–H groups in total. The Hall–Kier alpha value is -1.10. The summed E-state index contributed by atoms with van der Waals surface area (Å²) in [5, 5.41) is 5.22. The number of amides is 3. The van der Waals surface area contributed by atoms with Gasteiger partial charge in [0.05, 0.1) is 6.54 Å². The predicted molar refractivity (Wildman–Crippen MR) is 76.2 cm³/mol. The molecule has 3 amide bonds. The number of likely N-dealkylation sites (tertiary alicyclic amines) is 1. The molecule has 0 radical (unpaired) electrons. The molecule has 1 saturated heterocycles. The second kappa shape index (κ2) is 6.12. The normalized spacial score (nSPS) is 30.4. The molecule has 0 aromatic heterocycles. The second-order valence-electron chi connectivity index (χ2n) is 6.62. The maximum atomic E-state index is 11.9. The van der Waals surface area contributed by atoms with Gasteiger partial charge in [-0.25, -0.2) is 4.79 Å². The number of fused-ring (bicyclic) bond motifs is 1. The van der Waals surface area contributed by atoms with Gasteiger partial charge in [0, 0.05) is 12.6 Å². The van der Waals surface area contributed by atoms with Gasteiger partial charge in [-0.15, -0.1) is 0 Å². The van der Waals surface area contributed by atoms with Gasteiger partial charge in [-0.2, -0.15) is 0 Å². The van der Waals surface area contributed by atoms with Gasteiger partial charge in [0.25, 0.3) is 0 Å². The smallest absolute Gasteiger partial charge is 0.321 e. The molecule has 20 heavy (non-hydrogen) atoms. The Bertz CT molecular complexity index is 381. The third-order valence-corrected chi connectivity index (χ3v) is 4.91. The van der Waals surface area contributed by atoms with Gasteiger partial charge in [-0.05, 0) is 44.1 Å². The molecule has 0 spiro atoms. The van der Waals surface area contributed by atoms with E-state index in [4.69, 9.17) is 0 Å². The summed E-state index contributed by atoms with van der Waals surface area (Å²) in [6.07, 6.45) is 8.69. The molecule has 1 heterocycles. The van der Waals surface area contributed by atoms with Crippen LogP contribution in [0.3, 0.4) is 0 Å². The van der Waals surface area contributed by atoms with Crippen molar-refractivity contribution < 1.29 is 9.59 Å². The Labute approximate surface area is 120 Å². The summed E-state index contributed by atoms with van der Waals surface area (Å²) in [6, 6.07) is -0.0363. The zero-order chi connectivity index (χ0) is 13.9. The third-order valence-electron chi connectivity index (χ3n) is 4.91. The lowest BCUT2D eigenvalue weighted by molar-refractivity contribution is -0.121. The molecule has 3 aliphatic rings. The van der Waals surface area contributed by atoms with Crippen LogP contribution in [0.1, 0.15) is 44.9 Å². The number of piperidine rings is 1. The minimum Gasteiger partial charge on any atom is -0.335 e. The molecular formula is C15H25N3O2. The fourth-order valence-corrected chi connectivity index (χ4v) is 3.64. The number of carbonyl (C=O) groups is 2. The molecule has 1 aliphatic heterocycles. The van der Waals surface area contributed by atoms with E-state index < -0.39 is 0 Å². The molecule has 2 atom stereocenters. The highest BCUT2D eigenvalue weighted by Gasteiger charge is 2.32. The van der Waals surface area contributed by atoms with Crippen molar-refractivity contribution in [3.63, 3.8) is 0 Å². The molecule has 0 aromatic carbocycles. The first-order valence-electron chi connectivity index (χ1n) is 8.03. The van der Waals surface area contributed by atoms with Crippen molar-refractivity contribution in [1.82, 2.24) is 15.5 Å². The van der Waals surface area contributed by atoms with E-state index in [1.165, 1.54) is 32.1 Å². The average Bonchev–Trinajstić information content (AvgIpc) is 3.22. The fourth-order valence-electron chi connectivity index (χ4n) is 3.64. The molecule has 2 aliphatic carbocycles. The summed E-state index contributed by atoms with van der Waals surface area (Å²) in [7, 11) is 0. The van der Waals surface area contributed by atoms with Gasteiger partial charge < -0.3 is 5.32 Å². The number of carbonyl (C=O) groups excluding carboxylic acids is 2. The number of rotatable bonds is 3. The van der Waals surface area contributed by atoms with Crippen molar-refractivity contribution in [2.45, 2.75) is 51.0 Å². The molecule has 5 heteroatoms. The summed E-state index contributed by atoms with van der Waals surface area (Å²) in [5.41, 5.74) is 0. The summed E-state index contributed by atoms with van der Waals surface area (Å²) in [6.45, 7) is 2.39. The van der Waals surface area contributed by atoms with E-state index >= 15 is 0 Å². The molecule has 2 saturated carbocycles. The van der Waals surface area contributed by atoms with E-state index in [9.17, 15) is 9.59 Å². The first-order valence-corrected chi connectivity index (χ1v) is 8.03. The van der Waals surface area contributed by atoms with Crippen LogP contribution in [0.25, 0.3) is 0 Å². The topological polar surface area (TPSA) is 61.4 Å². The Kier molecular flexibility index (Phi) is 4.24. The van der Waals surface area contributed by atoms with Crippen LogP contribution in [0.2, 0.25) is 0 Å². The number of urea groups is 1. The number of nitrogens with zero attached hydrogens (tertiary/aromatic N) is 1. The molecule has 5 nitrogen and oxygen atoms in total. The van der Waals surface area contributed by atoms with E-state index in [0.717, 1.165) is 37.8 Å². The van der Waals surface area contributed by atoms with E-state index in [1.54, 1.807) is 0 Å². The fraction of sp³-hybridized carbons (Fsp3) is 0.867. The van der Waals surface area contributed by atoms with Crippen LogP contribution in [0.15, 0.2) is 0 Å². The molecule has 3 fully saturated rings. The third kappa shape index (κ3) is 3.72. The van der Waals surface area contributed by atoms with Crippen molar-refractivity contribution >= 4 is 11.9 Å². The quantitative estimate of drug-likeness (QED) is 0.823. The molecular weight excluding hydrogens is 254 g/mol. The standard InChI is InChI=1S/C15H25N3O2/c19-14(17-15(20)16-13-5-6-13)10-18-8-7-11-3-1-2-4-12(11)9-18/h11-13H,1-10H2,(H2,16,17,19,20)/t11-,12+/m0/s1. The zero-order valence-corrected chi connectivity index (χ0v) is 12.1. The second-order valence-corrected chi connectivity index (χ2v) is 6.62. The molecule has 0 bridgehead atoms. The van der Waals surface area contributed by atoms with Crippen molar-refractivity contribution in [2.75, 3.05) is 19.6 Å². The van der Waals surface area contributed by atoms with Crippen molar-refractivity contribution in [1.29, 1.82) is 0 Å². The lowest BCUT2D eigenvalue weighted by Gasteiger charge is -2.41. The van der Waals surface area contributed by atoms with Gasteiger partial charge in [-0.3, -0.25) is 15.0 Å². The van der Waals surface area contributed by atoms with Crippen molar-refractivity contribution in [2.24, 2.45) is 11.8 Å². The van der Waals surface area contributed by atoms with Crippen LogP contribution >= 0.6 is 0 Å². The van der Waals surface area contributed by atoms with Gasteiger partial charge in [0.2, 0.25) is 5.91 Å². The SMILES string of the molecule is O=C(CN1CC[C@@H]2CCCC[C@@H]2C1)NC(=O)NC1CC1. The predicted octanol–water partition coefficient (Wildman–Crippen LogP) is 1.49. The van der Waals surface area contributed by atoms with Crippen LogP contribution in [-0.2, 0) is 4.79 Å². The lowest BCUT2D eigenvalue weighted by Crippen LogP contribution is -2.49. The Balaban J connectivity index is 1.40. The summed E-state index contributed by atoms with van der Waals surface area (Å²) >= 11 is 0. The highest BCUT2D eigenvalue weighted by atomic mass is 16.2. The lowest BCUT2D eigenvalue weighted by atomic mass is 9.75. The van der Waals surface area contributed by atoms with Crippen molar-refractivity contribution in [3.8, 4) is 0 Å². The van der Waals surface area contributed by atoms with Gasteiger partial charge >= 0.3 is 6.03 Å². The number of hydrogen-bond acceptors (Lipinski definition) is 3. The minimum absolute atomic E-state index is 0.169. The number of nitrogens with one attached hydrogen (secondary N) is 2. The van der Waals surface area contributed by atoms with Gasteiger partial charge in [-0.1, -0.05) is 19.3 Å². The van der Waals surface area contributed by atoms with E-state index in [2.05, 4.69) is 15.5 Å². The van der Waals surface area contributed by atoms with Crippen LogP contribution in [0, 0.1) is 11.8 Å². The van der Waals surface area contributed by atoms with Crippen LogP contribution in [-0.4, -0.2) is 42.5 Å². The number of hydrogen-bond donors (Lipinski definition) is 2. The monoisotopic (exact) mass is 279 g/mol. The minimum atomic E-state index is -0.329. The molecule has 0 unspecified atom stereocenters. The van der Waals surface area contributed by atoms with Crippen LogP contribution in [0.4, 0.5) is 4.79 Å². The number of imide groups is 1. The van der Waals surface area contributed by atoms with E-state index in [0.29, 0.717) is 12.6 Å². The highest BCUT2D eigenvalue weighted by molar-refractivity contribution is 5.95. The van der Waals surface area contributed by atoms with Gasteiger partial charge in [0.1, 0.15) is 0 Å². The average molecular weight is 279 g/mol.